The molecule has 6 heteroatoms. The van der Waals surface area contributed by atoms with Crippen LogP contribution in [0.5, 0.6) is 0 Å². The minimum Gasteiger partial charge on any atom is -0.477 e. The lowest BCUT2D eigenvalue weighted by Crippen LogP contribution is -2.06. The molecule has 0 aliphatic rings. The molecule has 0 spiro atoms. The number of nitrogens with zero attached hydrogens (tertiary/aromatic N) is 1. The van der Waals surface area contributed by atoms with Crippen molar-refractivity contribution in [1.82, 2.24) is 4.98 Å². The highest BCUT2D eigenvalue weighted by Crippen LogP contribution is 2.11. The van der Waals surface area contributed by atoms with Crippen molar-refractivity contribution in [3.05, 3.63) is 59.3 Å². The van der Waals surface area contributed by atoms with Crippen molar-refractivity contribution in [1.29, 1.82) is 0 Å². The Bertz CT molecular complexity index is 617. The second kappa shape index (κ2) is 5.43. The van der Waals surface area contributed by atoms with E-state index in [-0.39, 0.29) is 12.2 Å². The van der Waals surface area contributed by atoms with Gasteiger partial charge in [-0.05, 0) is 29.8 Å². The fraction of sp³-hybridized carbons (Fsp3) is 0.0769. The predicted octanol–water partition coefficient (Wildman–Crippen LogP) is 2.67. The Morgan fingerprint density at radius 2 is 2.00 bits per heavy atom. The van der Waals surface area contributed by atoms with E-state index in [1.54, 1.807) is 12.1 Å². The topological polar surface area (TPSA) is 62.2 Å². The van der Waals surface area contributed by atoms with Crippen molar-refractivity contribution < 1.29 is 18.7 Å². The van der Waals surface area contributed by atoms with Gasteiger partial charge in [-0.3, -0.25) is 0 Å². The summed E-state index contributed by atoms with van der Waals surface area (Å²) in [6.45, 7) is 0.216. The number of aromatic carboxylic acids is 1. The molecule has 0 atom stereocenters. The zero-order valence-electron chi connectivity index (χ0n) is 9.73. The van der Waals surface area contributed by atoms with Gasteiger partial charge in [-0.2, -0.15) is 0 Å². The Labute approximate surface area is 107 Å². The van der Waals surface area contributed by atoms with Gasteiger partial charge >= 0.3 is 5.97 Å². The molecule has 0 saturated carbocycles. The lowest BCUT2D eigenvalue weighted by molar-refractivity contribution is 0.0690. The summed E-state index contributed by atoms with van der Waals surface area (Å²) in [6.07, 6.45) is 0. The van der Waals surface area contributed by atoms with E-state index in [0.717, 1.165) is 12.1 Å². The summed E-state index contributed by atoms with van der Waals surface area (Å²) in [5.74, 6) is -2.61. The molecule has 1 aromatic carbocycles. The molecule has 4 nitrogen and oxygen atoms in total. The van der Waals surface area contributed by atoms with Crippen LogP contribution in [0.3, 0.4) is 0 Å². The smallest absolute Gasteiger partial charge is 0.354 e. The van der Waals surface area contributed by atoms with E-state index in [2.05, 4.69) is 10.3 Å². The number of aromatic nitrogens is 1. The average molecular weight is 264 g/mol. The molecular weight excluding hydrogens is 254 g/mol. The maximum Gasteiger partial charge on any atom is 0.354 e. The predicted molar refractivity (Wildman–Crippen MR) is 64.9 cm³/mol. The van der Waals surface area contributed by atoms with Gasteiger partial charge in [0.15, 0.2) is 17.3 Å². The molecule has 0 aliphatic heterocycles. The maximum absolute atomic E-state index is 13.0. The number of carboxylic acids is 1. The molecular formula is C13H10F2N2O2. The summed E-state index contributed by atoms with van der Waals surface area (Å²) < 4.78 is 25.7. The van der Waals surface area contributed by atoms with Crippen LogP contribution in [0.1, 0.15) is 16.1 Å². The van der Waals surface area contributed by atoms with Gasteiger partial charge in [0.2, 0.25) is 0 Å². The number of anilines is 1. The Morgan fingerprint density at radius 3 is 2.68 bits per heavy atom. The standard InChI is InChI=1S/C13H10F2N2O2/c14-9-5-4-8(6-10(9)15)7-16-12-3-1-2-11(17-12)13(18)19/h1-6H,7H2,(H,16,17)(H,18,19). The second-order valence-corrected chi connectivity index (χ2v) is 3.82. The number of halogens is 2. The summed E-state index contributed by atoms with van der Waals surface area (Å²) in [6, 6.07) is 8.05. The maximum atomic E-state index is 13.0. The van der Waals surface area contributed by atoms with Crippen molar-refractivity contribution >= 4 is 11.8 Å². The molecule has 1 heterocycles. The molecule has 0 unspecified atom stereocenters. The first kappa shape index (κ1) is 12.9. The van der Waals surface area contributed by atoms with Gasteiger partial charge in [0.1, 0.15) is 5.82 Å². The van der Waals surface area contributed by atoms with Gasteiger partial charge in [-0.1, -0.05) is 12.1 Å². The average Bonchev–Trinajstić information content (AvgIpc) is 2.40. The van der Waals surface area contributed by atoms with Crippen LogP contribution in [0, 0.1) is 11.6 Å². The molecule has 98 valence electrons. The van der Waals surface area contributed by atoms with E-state index in [9.17, 15) is 13.6 Å². The third-order valence-corrected chi connectivity index (χ3v) is 2.43. The number of rotatable bonds is 4. The van der Waals surface area contributed by atoms with Gasteiger partial charge < -0.3 is 10.4 Å². The monoisotopic (exact) mass is 264 g/mol. The summed E-state index contributed by atoms with van der Waals surface area (Å²) in [7, 11) is 0. The number of benzene rings is 1. The zero-order valence-corrected chi connectivity index (χ0v) is 9.73. The van der Waals surface area contributed by atoms with Gasteiger partial charge in [0.25, 0.3) is 0 Å². The quantitative estimate of drug-likeness (QED) is 0.891. The van der Waals surface area contributed by atoms with Crippen molar-refractivity contribution in [3.8, 4) is 0 Å². The van der Waals surface area contributed by atoms with Crippen molar-refractivity contribution in [2.24, 2.45) is 0 Å². The highest BCUT2D eigenvalue weighted by molar-refractivity contribution is 5.85. The highest BCUT2D eigenvalue weighted by Gasteiger charge is 2.06. The van der Waals surface area contributed by atoms with Crippen LogP contribution in [-0.4, -0.2) is 16.1 Å². The Balaban J connectivity index is 2.07. The Kier molecular flexibility index (Phi) is 3.70. The number of carboxylic acid groups (broad SMARTS) is 1. The Hall–Kier alpha value is -2.50. The largest absolute Gasteiger partial charge is 0.477 e. The molecule has 0 bridgehead atoms. The van der Waals surface area contributed by atoms with Crippen LogP contribution in [0.2, 0.25) is 0 Å². The molecule has 0 fully saturated rings. The number of hydrogen-bond donors (Lipinski definition) is 2. The normalized spacial score (nSPS) is 10.2. The third kappa shape index (κ3) is 3.25. The first-order valence-corrected chi connectivity index (χ1v) is 5.44. The SMILES string of the molecule is O=C(O)c1cccc(NCc2ccc(F)c(F)c2)n1. The van der Waals surface area contributed by atoms with Gasteiger partial charge in [0, 0.05) is 6.54 Å². The lowest BCUT2D eigenvalue weighted by atomic mass is 10.2. The van der Waals surface area contributed by atoms with Crippen LogP contribution in [0.15, 0.2) is 36.4 Å². The van der Waals surface area contributed by atoms with Crippen LogP contribution in [-0.2, 0) is 6.54 Å². The highest BCUT2D eigenvalue weighted by atomic mass is 19.2. The zero-order chi connectivity index (χ0) is 13.8. The van der Waals surface area contributed by atoms with Crippen LogP contribution >= 0.6 is 0 Å². The second-order valence-electron chi connectivity index (χ2n) is 3.82. The van der Waals surface area contributed by atoms with Crippen molar-refractivity contribution in [2.75, 3.05) is 5.32 Å². The van der Waals surface area contributed by atoms with E-state index in [1.807, 2.05) is 0 Å². The van der Waals surface area contributed by atoms with Gasteiger partial charge in [0.05, 0.1) is 0 Å². The Morgan fingerprint density at radius 1 is 1.21 bits per heavy atom. The van der Waals surface area contributed by atoms with Crippen molar-refractivity contribution in [2.45, 2.75) is 6.54 Å². The van der Waals surface area contributed by atoms with E-state index in [1.165, 1.54) is 12.1 Å². The number of carbonyl (C=O) groups is 1. The first-order chi connectivity index (χ1) is 9.06. The molecule has 0 amide bonds. The van der Waals surface area contributed by atoms with Gasteiger partial charge in [-0.15, -0.1) is 0 Å². The van der Waals surface area contributed by atoms with Crippen LogP contribution < -0.4 is 5.32 Å². The molecule has 2 aromatic rings. The lowest BCUT2D eigenvalue weighted by Gasteiger charge is -2.06. The summed E-state index contributed by atoms with van der Waals surface area (Å²) >= 11 is 0. The molecule has 2 rings (SSSR count). The first-order valence-electron chi connectivity index (χ1n) is 5.44. The van der Waals surface area contributed by atoms with E-state index >= 15 is 0 Å². The van der Waals surface area contributed by atoms with E-state index in [4.69, 9.17) is 5.11 Å². The fourth-order valence-electron chi connectivity index (χ4n) is 1.49. The summed E-state index contributed by atoms with van der Waals surface area (Å²) in [5.41, 5.74) is 0.441. The van der Waals surface area contributed by atoms with E-state index in [0.29, 0.717) is 11.4 Å². The third-order valence-electron chi connectivity index (χ3n) is 2.43. The molecule has 0 radical (unpaired) electrons. The fourth-order valence-corrected chi connectivity index (χ4v) is 1.49. The molecule has 2 N–H and O–H groups in total. The molecule has 0 aliphatic carbocycles. The van der Waals surface area contributed by atoms with Gasteiger partial charge in [-0.25, -0.2) is 18.6 Å². The number of nitrogens with one attached hydrogen (secondary N) is 1. The summed E-state index contributed by atoms with van der Waals surface area (Å²) in [4.78, 5) is 14.6. The van der Waals surface area contributed by atoms with E-state index < -0.39 is 17.6 Å². The van der Waals surface area contributed by atoms with Crippen molar-refractivity contribution in [3.63, 3.8) is 0 Å². The minimum absolute atomic E-state index is 0.0877. The summed E-state index contributed by atoms with van der Waals surface area (Å²) in [5, 5.41) is 11.6. The van der Waals surface area contributed by atoms with Crippen LogP contribution in [0.25, 0.3) is 0 Å². The minimum atomic E-state index is -1.13. The van der Waals surface area contributed by atoms with Crippen LogP contribution in [0.4, 0.5) is 14.6 Å². The molecule has 0 saturated heterocycles. The molecule has 19 heavy (non-hydrogen) atoms. The molecule has 1 aromatic heterocycles. The number of pyridine rings is 1. The number of hydrogen-bond acceptors (Lipinski definition) is 3.